The summed E-state index contributed by atoms with van der Waals surface area (Å²) in [5, 5.41) is 4.42. The number of halogens is 1. The first kappa shape index (κ1) is 14.5. The van der Waals surface area contributed by atoms with E-state index in [4.69, 9.17) is 16.3 Å². The van der Waals surface area contributed by atoms with Gasteiger partial charge in [-0.15, -0.1) is 0 Å². The Hall–Kier alpha value is -2.46. The quantitative estimate of drug-likeness (QED) is 0.746. The van der Waals surface area contributed by atoms with E-state index in [0.717, 1.165) is 16.7 Å². The molecule has 3 aromatic rings. The summed E-state index contributed by atoms with van der Waals surface area (Å²) in [5.41, 5.74) is 2.04. The van der Waals surface area contributed by atoms with E-state index in [9.17, 15) is 4.79 Å². The number of anilines is 1. The average Bonchev–Trinajstić information content (AvgIpc) is 2.92. The fourth-order valence-corrected chi connectivity index (χ4v) is 2.39. The molecule has 0 aliphatic carbocycles. The molecule has 1 heterocycles. The normalized spacial score (nSPS) is 10.6. The van der Waals surface area contributed by atoms with Gasteiger partial charge in [0.1, 0.15) is 11.4 Å². The van der Waals surface area contributed by atoms with E-state index in [2.05, 4.69) is 10.3 Å². The van der Waals surface area contributed by atoms with E-state index in [1.807, 2.05) is 37.3 Å². The summed E-state index contributed by atoms with van der Waals surface area (Å²) in [6.45, 7) is 2.54. The fraction of sp³-hybridized carbons (Fsp3) is 0.118. The van der Waals surface area contributed by atoms with Crippen LogP contribution in [-0.2, 0) is 0 Å². The van der Waals surface area contributed by atoms with Crippen molar-refractivity contribution in [3.63, 3.8) is 0 Å². The molecule has 0 aliphatic heterocycles. The van der Waals surface area contributed by atoms with Gasteiger partial charge in [-0.25, -0.2) is 0 Å². The largest absolute Gasteiger partial charge is 0.494 e. The lowest BCUT2D eigenvalue weighted by molar-refractivity contribution is 0.102. The van der Waals surface area contributed by atoms with E-state index in [1.165, 1.54) is 0 Å². The third kappa shape index (κ3) is 3.07. The van der Waals surface area contributed by atoms with Crippen LogP contribution in [0.3, 0.4) is 0 Å². The number of aromatic amines is 1. The van der Waals surface area contributed by atoms with Gasteiger partial charge in [0.15, 0.2) is 0 Å². The van der Waals surface area contributed by atoms with Crippen LogP contribution < -0.4 is 10.1 Å². The summed E-state index contributed by atoms with van der Waals surface area (Å²) in [4.78, 5) is 15.3. The lowest BCUT2D eigenvalue weighted by atomic mass is 10.2. The van der Waals surface area contributed by atoms with E-state index in [0.29, 0.717) is 23.0 Å². The maximum Gasteiger partial charge on any atom is 0.272 e. The molecule has 0 atom stereocenters. The van der Waals surface area contributed by atoms with Crippen molar-refractivity contribution >= 4 is 34.1 Å². The molecule has 0 unspecified atom stereocenters. The zero-order valence-electron chi connectivity index (χ0n) is 12.0. The molecular formula is C17H15ClN2O2. The molecule has 112 valence electrons. The van der Waals surface area contributed by atoms with Gasteiger partial charge in [0.2, 0.25) is 0 Å². The highest BCUT2D eigenvalue weighted by Gasteiger charge is 2.10. The van der Waals surface area contributed by atoms with Crippen LogP contribution in [0.15, 0.2) is 48.5 Å². The summed E-state index contributed by atoms with van der Waals surface area (Å²) >= 11 is 5.95. The Balaban J connectivity index is 1.77. The molecule has 0 spiro atoms. The zero-order chi connectivity index (χ0) is 15.5. The summed E-state index contributed by atoms with van der Waals surface area (Å²) in [5.74, 6) is 0.581. The summed E-state index contributed by atoms with van der Waals surface area (Å²) in [7, 11) is 0. The van der Waals surface area contributed by atoms with E-state index in [-0.39, 0.29) is 5.91 Å². The van der Waals surface area contributed by atoms with Crippen LogP contribution in [0.5, 0.6) is 5.75 Å². The van der Waals surface area contributed by atoms with Gasteiger partial charge in [-0.05, 0) is 49.4 Å². The summed E-state index contributed by atoms with van der Waals surface area (Å²) < 4.78 is 5.37. The van der Waals surface area contributed by atoms with Crippen LogP contribution in [0.4, 0.5) is 5.69 Å². The van der Waals surface area contributed by atoms with Gasteiger partial charge >= 0.3 is 0 Å². The zero-order valence-corrected chi connectivity index (χ0v) is 12.8. The van der Waals surface area contributed by atoms with Crippen LogP contribution >= 0.6 is 11.6 Å². The first-order valence-electron chi connectivity index (χ1n) is 6.98. The van der Waals surface area contributed by atoms with Gasteiger partial charge in [-0.2, -0.15) is 0 Å². The van der Waals surface area contributed by atoms with Crippen LogP contribution in [0.1, 0.15) is 17.4 Å². The molecular weight excluding hydrogens is 300 g/mol. The Kier molecular flexibility index (Phi) is 4.02. The number of ether oxygens (including phenoxy) is 1. The highest BCUT2D eigenvalue weighted by atomic mass is 35.5. The first-order chi connectivity index (χ1) is 10.7. The highest BCUT2D eigenvalue weighted by Crippen LogP contribution is 2.21. The molecule has 4 nitrogen and oxygen atoms in total. The number of benzene rings is 2. The van der Waals surface area contributed by atoms with Gasteiger partial charge < -0.3 is 15.0 Å². The van der Waals surface area contributed by atoms with Crippen molar-refractivity contribution in [3.05, 3.63) is 59.2 Å². The number of fused-ring (bicyclic) bond motifs is 1. The molecule has 2 aromatic carbocycles. The number of carbonyl (C=O) groups excluding carboxylic acids is 1. The first-order valence-corrected chi connectivity index (χ1v) is 7.36. The predicted octanol–water partition coefficient (Wildman–Crippen LogP) is 4.47. The van der Waals surface area contributed by atoms with Crippen molar-refractivity contribution in [1.82, 2.24) is 4.98 Å². The summed E-state index contributed by atoms with van der Waals surface area (Å²) in [6, 6.07) is 14.5. The molecule has 5 heteroatoms. The van der Waals surface area contributed by atoms with Crippen LogP contribution in [0.25, 0.3) is 10.9 Å². The topological polar surface area (TPSA) is 54.1 Å². The minimum absolute atomic E-state index is 0.198. The molecule has 1 amide bonds. The molecule has 0 saturated heterocycles. The second-order valence-corrected chi connectivity index (χ2v) is 5.26. The monoisotopic (exact) mass is 314 g/mol. The maximum atomic E-state index is 12.3. The maximum absolute atomic E-state index is 12.3. The van der Waals surface area contributed by atoms with Crippen molar-refractivity contribution < 1.29 is 9.53 Å². The van der Waals surface area contributed by atoms with Gasteiger partial charge in [0.25, 0.3) is 5.91 Å². The van der Waals surface area contributed by atoms with Crippen molar-refractivity contribution in [2.24, 2.45) is 0 Å². The molecule has 0 bridgehead atoms. The van der Waals surface area contributed by atoms with Gasteiger partial charge in [0, 0.05) is 21.6 Å². The molecule has 22 heavy (non-hydrogen) atoms. The number of carbonyl (C=O) groups is 1. The number of hydrogen-bond donors (Lipinski definition) is 2. The number of aromatic nitrogens is 1. The van der Waals surface area contributed by atoms with Crippen molar-refractivity contribution in [1.29, 1.82) is 0 Å². The minimum atomic E-state index is -0.198. The van der Waals surface area contributed by atoms with Crippen LogP contribution in [-0.4, -0.2) is 17.5 Å². The van der Waals surface area contributed by atoms with Crippen molar-refractivity contribution in [3.8, 4) is 5.75 Å². The predicted molar refractivity (Wildman–Crippen MR) is 88.9 cm³/mol. The van der Waals surface area contributed by atoms with Crippen molar-refractivity contribution in [2.75, 3.05) is 11.9 Å². The Morgan fingerprint density at radius 1 is 1.18 bits per heavy atom. The SMILES string of the molecule is CCOc1ccc(NC(=O)c2cc3ccc(Cl)cc3[nH]2)cc1. The van der Waals surface area contributed by atoms with E-state index < -0.39 is 0 Å². The van der Waals surface area contributed by atoms with Crippen LogP contribution in [0, 0.1) is 0 Å². The Morgan fingerprint density at radius 3 is 2.68 bits per heavy atom. The molecule has 0 saturated carbocycles. The highest BCUT2D eigenvalue weighted by molar-refractivity contribution is 6.31. The van der Waals surface area contributed by atoms with E-state index in [1.54, 1.807) is 18.2 Å². The Labute approximate surface area is 133 Å². The molecule has 1 aromatic heterocycles. The van der Waals surface area contributed by atoms with Gasteiger partial charge in [-0.3, -0.25) is 4.79 Å². The second kappa shape index (κ2) is 6.12. The molecule has 0 aliphatic rings. The summed E-state index contributed by atoms with van der Waals surface area (Å²) in [6.07, 6.45) is 0. The molecule has 3 rings (SSSR count). The second-order valence-electron chi connectivity index (χ2n) is 4.83. The lowest BCUT2D eigenvalue weighted by Crippen LogP contribution is -2.12. The average molecular weight is 315 g/mol. The van der Waals surface area contributed by atoms with Gasteiger partial charge in [0.05, 0.1) is 6.61 Å². The smallest absolute Gasteiger partial charge is 0.272 e. The number of H-pyrrole nitrogens is 1. The van der Waals surface area contributed by atoms with E-state index >= 15 is 0 Å². The van der Waals surface area contributed by atoms with Crippen LogP contribution in [0.2, 0.25) is 5.02 Å². The number of hydrogen-bond acceptors (Lipinski definition) is 2. The van der Waals surface area contributed by atoms with Gasteiger partial charge in [-0.1, -0.05) is 17.7 Å². The minimum Gasteiger partial charge on any atom is -0.494 e. The Morgan fingerprint density at radius 2 is 1.95 bits per heavy atom. The third-order valence-electron chi connectivity index (χ3n) is 3.25. The lowest BCUT2D eigenvalue weighted by Gasteiger charge is -2.06. The Bertz CT molecular complexity index is 809. The number of amides is 1. The standard InChI is InChI=1S/C17H15ClN2O2/c1-2-22-14-7-5-13(6-8-14)19-17(21)16-9-11-3-4-12(18)10-15(11)20-16/h3-10,20H,2H2,1H3,(H,19,21). The number of rotatable bonds is 4. The number of nitrogens with one attached hydrogen (secondary N) is 2. The fourth-order valence-electron chi connectivity index (χ4n) is 2.22. The molecule has 2 N–H and O–H groups in total. The molecule has 0 fully saturated rings. The molecule has 0 radical (unpaired) electrons. The van der Waals surface area contributed by atoms with Crippen molar-refractivity contribution in [2.45, 2.75) is 6.92 Å². The third-order valence-corrected chi connectivity index (χ3v) is 3.49.